The summed E-state index contributed by atoms with van der Waals surface area (Å²) in [5.74, 6) is 0.282. The zero-order valence-corrected chi connectivity index (χ0v) is 16.1. The molecule has 0 bridgehead atoms. The Labute approximate surface area is 166 Å². The van der Waals surface area contributed by atoms with Gasteiger partial charge in [0.05, 0.1) is 7.11 Å². The van der Waals surface area contributed by atoms with Gasteiger partial charge in [-0.15, -0.1) is 0 Å². The summed E-state index contributed by atoms with van der Waals surface area (Å²) in [5, 5.41) is 1.36. The van der Waals surface area contributed by atoms with E-state index in [9.17, 15) is 9.59 Å². The predicted molar refractivity (Wildman–Crippen MR) is 109 cm³/mol. The highest BCUT2D eigenvalue weighted by Crippen LogP contribution is 2.23. The molecule has 2 aromatic carbocycles. The smallest absolute Gasteiger partial charge is 0.349 e. The third-order valence-electron chi connectivity index (χ3n) is 4.91. The lowest BCUT2D eigenvalue weighted by atomic mass is 10.1. The van der Waals surface area contributed by atoms with E-state index in [0.29, 0.717) is 47.9 Å². The lowest BCUT2D eigenvalue weighted by Crippen LogP contribution is -2.49. The van der Waals surface area contributed by atoms with E-state index in [1.54, 1.807) is 36.3 Å². The Morgan fingerprint density at radius 1 is 1.07 bits per heavy atom. The minimum atomic E-state index is -0.636. The summed E-state index contributed by atoms with van der Waals surface area (Å²) < 4.78 is 10.5. The van der Waals surface area contributed by atoms with Gasteiger partial charge in [-0.1, -0.05) is 17.7 Å². The van der Waals surface area contributed by atoms with Crippen molar-refractivity contribution in [3.05, 3.63) is 69.5 Å². The highest BCUT2D eigenvalue weighted by molar-refractivity contribution is 6.30. The average molecular weight is 399 g/mol. The lowest BCUT2D eigenvalue weighted by Gasteiger charge is -2.36. The van der Waals surface area contributed by atoms with Gasteiger partial charge in [0.15, 0.2) is 0 Å². The second-order valence-corrected chi connectivity index (χ2v) is 7.05. The van der Waals surface area contributed by atoms with Crippen molar-refractivity contribution in [1.29, 1.82) is 0 Å². The normalized spacial score (nSPS) is 14.4. The molecule has 0 unspecified atom stereocenters. The maximum atomic E-state index is 12.9. The number of carbonyl (C=O) groups excluding carboxylic acids is 1. The SMILES string of the molecule is COc1ccc2cc(C(=O)N3CCN(c4cccc(Cl)c4)CC3)c(=O)oc2c1. The van der Waals surface area contributed by atoms with Crippen LogP contribution >= 0.6 is 11.6 Å². The van der Waals surface area contributed by atoms with Crippen LogP contribution in [0.4, 0.5) is 5.69 Å². The van der Waals surface area contributed by atoms with Crippen molar-refractivity contribution < 1.29 is 13.9 Å². The number of ether oxygens (including phenoxy) is 1. The molecule has 0 spiro atoms. The molecule has 0 saturated carbocycles. The molecule has 144 valence electrons. The van der Waals surface area contributed by atoms with E-state index in [4.69, 9.17) is 20.8 Å². The van der Waals surface area contributed by atoms with Gasteiger partial charge in [0.25, 0.3) is 5.91 Å². The molecule has 1 saturated heterocycles. The molecule has 1 fully saturated rings. The van der Waals surface area contributed by atoms with Gasteiger partial charge in [-0.25, -0.2) is 4.79 Å². The second-order valence-electron chi connectivity index (χ2n) is 6.61. The third-order valence-corrected chi connectivity index (χ3v) is 5.15. The van der Waals surface area contributed by atoms with Crippen LogP contribution in [0.25, 0.3) is 11.0 Å². The van der Waals surface area contributed by atoms with Crippen molar-refractivity contribution in [3.63, 3.8) is 0 Å². The van der Waals surface area contributed by atoms with E-state index in [1.807, 2.05) is 24.3 Å². The minimum absolute atomic E-state index is 0.0499. The Morgan fingerprint density at radius 2 is 1.86 bits per heavy atom. The molecule has 0 N–H and O–H groups in total. The van der Waals surface area contributed by atoms with E-state index < -0.39 is 5.63 Å². The van der Waals surface area contributed by atoms with Crippen molar-refractivity contribution in [2.24, 2.45) is 0 Å². The first-order chi connectivity index (χ1) is 13.5. The number of rotatable bonds is 3. The van der Waals surface area contributed by atoms with E-state index in [1.165, 1.54) is 0 Å². The van der Waals surface area contributed by atoms with Gasteiger partial charge in [0.2, 0.25) is 0 Å². The number of benzene rings is 2. The number of anilines is 1. The fraction of sp³-hybridized carbons (Fsp3) is 0.238. The topological polar surface area (TPSA) is 63.0 Å². The number of hydrogen-bond donors (Lipinski definition) is 0. The summed E-state index contributed by atoms with van der Waals surface area (Å²) >= 11 is 6.06. The Hall–Kier alpha value is -2.99. The molecule has 1 aliphatic rings. The molecule has 0 aliphatic carbocycles. The predicted octanol–water partition coefficient (Wildman–Crippen LogP) is 3.42. The molecule has 1 amide bonds. The number of hydrogen-bond acceptors (Lipinski definition) is 5. The summed E-state index contributed by atoms with van der Waals surface area (Å²) in [4.78, 5) is 29.1. The highest BCUT2D eigenvalue weighted by atomic mass is 35.5. The summed E-state index contributed by atoms with van der Waals surface area (Å²) in [6.07, 6.45) is 0. The van der Waals surface area contributed by atoms with Crippen LogP contribution in [0.15, 0.2) is 57.7 Å². The Bertz CT molecular complexity index is 1090. The maximum Gasteiger partial charge on any atom is 0.349 e. The van der Waals surface area contributed by atoms with Crippen molar-refractivity contribution in [1.82, 2.24) is 4.90 Å². The first kappa shape index (κ1) is 18.4. The van der Waals surface area contributed by atoms with Crippen molar-refractivity contribution in [2.75, 3.05) is 38.2 Å². The molecule has 4 rings (SSSR count). The van der Waals surface area contributed by atoms with Crippen LogP contribution in [0, 0.1) is 0 Å². The van der Waals surface area contributed by atoms with Crippen LogP contribution in [0.5, 0.6) is 5.75 Å². The van der Waals surface area contributed by atoms with Crippen molar-refractivity contribution in [2.45, 2.75) is 0 Å². The number of nitrogens with zero attached hydrogens (tertiary/aromatic N) is 2. The molecule has 7 heteroatoms. The Balaban J connectivity index is 1.52. The lowest BCUT2D eigenvalue weighted by molar-refractivity contribution is 0.0742. The third kappa shape index (κ3) is 3.55. The molecule has 2 heterocycles. The number of halogens is 1. The van der Waals surface area contributed by atoms with E-state index in [-0.39, 0.29) is 11.5 Å². The van der Waals surface area contributed by atoms with E-state index in [2.05, 4.69) is 4.90 Å². The first-order valence-electron chi connectivity index (χ1n) is 8.97. The van der Waals surface area contributed by atoms with Gasteiger partial charge in [-0.2, -0.15) is 0 Å². The molecular weight excluding hydrogens is 380 g/mol. The van der Waals surface area contributed by atoms with E-state index in [0.717, 1.165) is 5.69 Å². The van der Waals surface area contributed by atoms with Gasteiger partial charge in [-0.05, 0) is 36.4 Å². The maximum absolute atomic E-state index is 12.9. The molecule has 0 atom stereocenters. The van der Waals surface area contributed by atoms with E-state index >= 15 is 0 Å². The zero-order chi connectivity index (χ0) is 19.7. The van der Waals surface area contributed by atoms with Crippen LogP contribution in [-0.4, -0.2) is 44.1 Å². The van der Waals surface area contributed by atoms with Gasteiger partial charge in [0, 0.05) is 48.3 Å². The van der Waals surface area contributed by atoms with Crippen LogP contribution in [0.2, 0.25) is 5.02 Å². The van der Waals surface area contributed by atoms with Gasteiger partial charge in [-0.3, -0.25) is 4.79 Å². The van der Waals surface area contributed by atoms with Crippen LogP contribution in [-0.2, 0) is 0 Å². The van der Waals surface area contributed by atoms with Gasteiger partial charge < -0.3 is 19.0 Å². The molecule has 1 aliphatic heterocycles. The number of fused-ring (bicyclic) bond motifs is 1. The Morgan fingerprint density at radius 3 is 2.57 bits per heavy atom. The number of amides is 1. The molecule has 0 radical (unpaired) electrons. The summed E-state index contributed by atoms with van der Waals surface area (Å²) in [5.41, 5.74) is 0.835. The van der Waals surface area contributed by atoms with Crippen LogP contribution in [0.3, 0.4) is 0 Å². The monoisotopic (exact) mass is 398 g/mol. The number of carbonyl (C=O) groups is 1. The highest BCUT2D eigenvalue weighted by Gasteiger charge is 2.25. The fourth-order valence-corrected chi connectivity index (χ4v) is 3.56. The number of piperazine rings is 1. The van der Waals surface area contributed by atoms with Crippen molar-refractivity contribution in [3.8, 4) is 5.75 Å². The zero-order valence-electron chi connectivity index (χ0n) is 15.4. The Kier molecular flexibility index (Phi) is 4.96. The van der Waals surface area contributed by atoms with Gasteiger partial charge in [0.1, 0.15) is 16.9 Å². The van der Waals surface area contributed by atoms with Gasteiger partial charge >= 0.3 is 5.63 Å². The molecule has 6 nitrogen and oxygen atoms in total. The second kappa shape index (κ2) is 7.56. The number of methoxy groups -OCH3 is 1. The average Bonchev–Trinajstić information content (AvgIpc) is 2.72. The summed E-state index contributed by atoms with van der Waals surface area (Å²) in [6, 6.07) is 14.4. The minimum Gasteiger partial charge on any atom is -0.497 e. The summed E-state index contributed by atoms with van der Waals surface area (Å²) in [6.45, 7) is 2.38. The molecular formula is C21H19ClN2O4. The molecule has 3 aromatic rings. The molecule has 1 aromatic heterocycles. The van der Waals surface area contributed by atoms with Crippen molar-refractivity contribution >= 4 is 34.2 Å². The van der Waals surface area contributed by atoms with Crippen LogP contribution < -0.4 is 15.3 Å². The standard InChI is InChI=1S/C21H19ClN2O4/c1-27-17-6-5-14-11-18(21(26)28-19(14)13-17)20(25)24-9-7-23(8-10-24)16-4-2-3-15(22)12-16/h2-6,11-13H,7-10H2,1H3. The summed E-state index contributed by atoms with van der Waals surface area (Å²) in [7, 11) is 1.54. The largest absolute Gasteiger partial charge is 0.497 e. The quantitative estimate of drug-likeness (QED) is 0.632. The van der Waals surface area contributed by atoms with Crippen LogP contribution in [0.1, 0.15) is 10.4 Å². The first-order valence-corrected chi connectivity index (χ1v) is 9.34. The molecule has 28 heavy (non-hydrogen) atoms. The fourth-order valence-electron chi connectivity index (χ4n) is 3.38.